The Bertz CT molecular complexity index is 4130. The molecule has 0 saturated carbocycles. The molecule has 0 fully saturated rings. The minimum absolute atomic E-state index is 0.112. The molecular weight excluding hydrogens is 894 g/mol. The second-order valence-electron chi connectivity index (χ2n) is 21.5. The van der Waals surface area contributed by atoms with E-state index in [9.17, 15) is 0 Å². The van der Waals surface area contributed by atoms with E-state index in [0.717, 1.165) is 11.4 Å². The number of hydrogen-bond donors (Lipinski definition) is 0. The Hall–Kier alpha value is -8.73. The lowest BCUT2D eigenvalue weighted by atomic mass is 9.44. The Morgan fingerprint density at radius 2 is 0.676 bits per heavy atom. The summed E-state index contributed by atoms with van der Waals surface area (Å²) in [5, 5.41) is 2.58. The molecule has 0 aliphatic carbocycles. The third-order valence-corrected chi connectivity index (χ3v) is 17.2. The van der Waals surface area contributed by atoms with Crippen molar-refractivity contribution in [3.8, 4) is 44.5 Å². The van der Waals surface area contributed by atoms with Crippen molar-refractivity contribution in [2.75, 3.05) is 9.80 Å². The van der Waals surface area contributed by atoms with Crippen LogP contribution in [0.25, 0.3) is 77.3 Å². The molecule has 0 radical (unpaired) electrons. The number of rotatable bonds is 4. The molecule has 348 valence electrons. The van der Waals surface area contributed by atoms with Crippen LogP contribution in [0.3, 0.4) is 0 Å². The predicted octanol–water partition coefficient (Wildman–Crippen LogP) is 14.8. The van der Waals surface area contributed by atoms with Crippen LogP contribution in [0.4, 0.5) is 34.1 Å². The van der Waals surface area contributed by atoms with E-state index in [2.05, 4.69) is 254 Å². The molecule has 2 aromatic heterocycles. The minimum atomic E-state index is -0.112. The molecular formula is C68H50B2N4. The first kappa shape index (κ1) is 41.8. The fourth-order valence-corrected chi connectivity index (χ4v) is 14.9. The largest absolute Gasteiger partial charge is 0.374 e. The highest BCUT2D eigenvalue weighted by Gasteiger charge is 2.48. The Morgan fingerprint density at radius 1 is 0.297 bits per heavy atom. The number of benzene rings is 10. The molecule has 0 amide bonds. The van der Waals surface area contributed by atoms with Gasteiger partial charge in [-0.05, 0) is 168 Å². The fraction of sp³-hybridized carbons (Fsp3) is 0.0882. The van der Waals surface area contributed by atoms with Crippen LogP contribution in [-0.4, -0.2) is 22.7 Å². The molecule has 0 unspecified atom stereocenters. The predicted molar refractivity (Wildman–Crippen MR) is 315 cm³/mol. The van der Waals surface area contributed by atoms with Crippen LogP contribution in [0.5, 0.6) is 0 Å². The van der Waals surface area contributed by atoms with Gasteiger partial charge in [0.15, 0.2) is 0 Å². The minimum Gasteiger partial charge on any atom is -0.374 e. The highest BCUT2D eigenvalue weighted by Crippen LogP contribution is 2.54. The summed E-state index contributed by atoms with van der Waals surface area (Å²) in [6.07, 6.45) is 0. The average Bonchev–Trinajstić information content (AvgIpc) is 4.14. The van der Waals surface area contributed by atoms with E-state index in [-0.39, 0.29) is 13.7 Å². The summed E-state index contributed by atoms with van der Waals surface area (Å²) >= 11 is 0. The van der Waals surface area contributed by atoms with Gasteiger partial charge in [-0.1, -0.05) is 157 Å². The zero-order valence-electron chi connectivity index (χ0n) is 42.4. The summed E-state index contributed by atoms with van der Waals surface area (Å²) in [5.41, 5.74) is 36.0. The second kappa shape index (κ2) is 14.9. The van der Waals surface area contributed by atoms with Crippen LogP contribution in [0.1, 0.15) is 33.4 Å². The summed E-state index contributed by atoms with van der Waals surface area (Å²) in [6, 6.07) is 74.0. The monoisotopic (exact) mass is 944 g/mol. The number of anilines is 6. The smallest absolute Gasteiger partial charge is 0.333 e. The van der Waals surface area contributed by atoms with E-state index in [1.807, 2.05) is 0 Å². The van der Waals surface area contributed by atoms with Gasteiger partial charge in [-0.2, -0.15) is 0 Å². The van der Waals surface area contributed by atoms with Gasteiger partial charge in [0.05, 0.1) is 11.0 Å². The van der Waals surface area contributed by atoms with Crippen molar-refractivity contribution in [3.63, 3.8) is 0 Å². The van der Waals surface area contributed by atoms with Crippen LogP contribution in [0.15, 0.2) is 194 Å². The first-order chi connectivity index (χ1) is 36.3. The van der Waals surface area contributed by atoms with Crippen LogP contribution in [0.2, 0.25) is 0 Å². The summed E-state index contributed by atoms with van der Waals surface area (Å²) in [6.45, 7) is 13.4. The molecule has 4 aliphatic rings. The molecule has 0 atom stereocenters. The normalized spacial score (nSPS) is 13.4. The standard InChI is InChI=1S/C68H50B2N4/c1-39-35-41(3)59(42(4)36-39)47-31-33-57-63-61(47)49-23-17-25-51-65(49)73(69(63)53-27-13-15-29-55(53)71(57)45-19-9-7-10-20-45)68-52-26-18-24-50-62-48(60-43(5)37-40(2)38-44(60)6)32-34-58-64(62)70(74(66(50)52)67(51)68)54-28-14-16-30-56(54)72(58)46-21-11-8-12-22-46/h7-38H,1-6H3. The Kier molecular flexibility index (Phi) is 8.44. The third kappa shape index (κ3) is 5.29. The van der Waals surface area contributed by atoms with Crippen molar-refractivity contribution >= 4 is 103 Å². The van der Waals surface area contributed by atoms with Crippen molar-refractivity contribution in [2.45, 2.75) is 41.5 Å². The van der Waals surface area contributed by atoms with Gasteiger partial charge in [0, 0.05) is 67.1 Å². The Morgan fingerprint density at radius 3 is 1.08 bits per heavy atom. The van der Waals surface area contributed by atoms with Crippen LogP contribution in [0, 0.1) is 41.5 Å². The SMILES string of the molecule is Cc1cc(C)c(-c2ccc3c4c2-c2cccc5c2n(c2c6cccc7c6n(c52)B2c5ccccc5N(c5ccccc5)c5ccc(-c6c(C)cc(C)cc6C)c-7c52)B4c2ccccc2N3c2ccccc2)c(C)c1. The Balaban J connectivity index is 1.09. The van der Waals surface area contributed by atoms with E-state index in [4.69, 9.17) is 0 Å². The molecule has 16 rings (SSSR count). The second-order valence-corrected chi connectivity index (χ2v) is 21.5. The van der Waals surface area contributed by atoms with Gasteiger partial charge < -0.3 is 18.8 Å². The lowest BCUT2D eigenvalue weighted by Crippen LogP contribution is -2.56. The average molecular weight is 945 g/mol. The number of aromatic nitrogens is 2. The van der Waals surface area contributed by atoms with Crippen LogP contribution >= 0.6 is 0 Å². The van der Waals surface area contributed by atoms with E-state index < -0.39 is 0 Å². The molecule has 6 heteroatoms. The van der Waals surface area contributed by atoms with E-state index in [1.54, 1.807) is 0 Å². The van der Waals surface area contributed by atoms with E-state index >= 15 is 0 Å². The Labute approximate surface area is 432 Å². The summed E-state index contributed by atoms with van der Waals surface area (Å²) < 4.78 is 5.59. The lowest BCUT2D eigenvalue weighted by Gasteiger charge is -2.41. The summed E-state index contributed by atoms with van der Waals surface area (Å²) in [4.78, 5) is 5.05. The number of aryl methyl sites for hydroxylation is 6. The summed E-state index contributed by atoms with van der Waals surface area (Å²) in [5.74, 6) is 0. The van der Waals surface area contributed by atoms with Crippen molar-refractivity contribution < 1.29 is 0 Å². The molecule has 0 saturated heterocycles. The number of para-hydroxylation sites is 6. The molecule has 0 spiro atoms. The van der Waals surface area contributed by atoms with Gasteiger partial charge in [0.2, 0.25) is 0 Å². The first-order valence-corrected chi connectivity index (χ1v) is 26.3. The van der Waals surface area contributed by atoms with Crippen molar-refractivity contribution in [1.82, 2.24) is 8.96 Å². The van der Waals surface area contributed by atoms with Crippen LogP contribution < -0.4 is 31.7 Å². The van der Waals surface area contributed by atoms with Crippen molar-refractivity contribution in [1.29, 1.82) is 0 Å². The highest BCUT2D eigenvalue weighted by molar-refractivity contribution is 6.92. The molecule has 6 heterocycles. The number of hydrogen-bond acceptors (Lipinski definition) is 2. The van der Waals surface area contributed by atoms with Gasteiger partial charge >= 0.3 is 13.7 Å². The maximum absolute atomic E-state index is 2.80. The van der Waals surface area contributed by atoms with E-state index in [0.29, 0.717) is 0 Å². The maximum Gasteiger partial charge on any atom is 0.333 e. The van der Waals surface area contributed by atoms with Crippen molar-refractivity contribution in [2.24, 2.45) is 0 Å². The quantitative estimate of drug-likeness (QED) is 0.164. The van der Waals surface area contributed by atoms with Gasteiger partial charge in [0.25, 0.3) is 0 Å². The molecule has 4 aliphatic heterocycles. The first-order valence-electron chi connectivity index (χ1n) is 26.3. The number of fused-ring (bicyclic) bond motifs is 13. The fourth-order valence-electron chi connectivity index (χ4n) is 14.9. The molecule has 12 aromatic rings. The van der Waals surface area contributed by atoms with Gasteiger partial charge in [-0.15, -0.1) is 0 Å². The molecule has 10 aromatic carbocycles. The molecule has 0 bridgehead atoms. The van der Waals surface area contributed by atoms with Crippen molar-refractivity contribution in [3.05, 3.63) is 228 Å². The zero-order valence-corrected chi connectivity index (χ0v) is 42.4. The lowest BCUT2D eigenvalue weighted by molar-refractivity contribution is 1.25. The zero-order chi connectivity index (χ0) is 49.4. The van der Waals surface area contributed by atoms with Gasteiger partial charge in [0.1, 0.15) is 0 Å². The molecule has 74 heavy (non-hydrogen) atoms. The van der Waals surface area contributed by atoms with Gasteiger partial charge in [-0.25, -0.2) is 0 Å². The molecule has 0 N–H and O–H groups in total. The molecule has 4 nitrogen and oxygen atoms in total. The topological polar surface area (TPSA) is 16.3 Å². The number of nitrogens with zero attached hydrogens (tertiary/aromatic N) is 4. The van der Waals surface area contributed by atoms with E-state index in [1.165, 1.54) is 155 Å². The maximum atomic E-state index is 2.80. The summed E-state index contributed by atoms with van der Waals surface area (Å²) in [7, 11) is 0. The third-order valence-electron chi connectivity index (χ3n) is 17.2. The highest BCUT2D eigenvalue weighted by atomic mass is 15.2. The van der Waals surface area contributed by atoms with Gasteiger partial charge in [-0.3, -0.25) is 0 Å². The van der Waals surface area contributed by atoms with Crippen LogP contribution in [-0.2, 0) is 0 Å².